The summed E-state index contributed by atoms with van der Waals surface area (Å²) in [7, 11) is 0. The van der Waals surface area contributed by atoms with Crippen LogP contribution in [0.25, 0.3) is 0 Å². The van der Waals surface area contributed by atoms with Gasteiger partial charge in [0, 0.05) is 6.04 Å². The van der Waals surface area contributed by atoms with Gasteiger partial charge in [-0.2, -0.15) is 0 Å². The zero-order valence-electron chi connectivity index (χ0n) is 10.4. The van der Waals surface area contributed by atoms with Gasteiger partial charge in [-0.05, 0) is 37.0 Å². The maximum absolute atomic E-state index is 6.01. The van der Waals surface area contributed by atoms with Gasteiger partial charge >= 0.3 is 0 Å². The van der Waals surface area contributed by atoms with Crippen molar-refractivity contribution in [2.75, 3.05) is 13.2 Å². The first-order valence-corrected chi connectivity index (χ1v) is 6.43. The summed E-state index contributed by atoms with van der Waals surface area (Å²) in [5.74, 6) is 1.73. The third-order valence-electron chi connectivity index (χ3n) is 3.07. The van der Waals surface area contributed by atoms with E-state index in [9.17, 15) is 0 Å². The molecule has 1 heterocycles. The zero-order chi connectivity index (χ0) is 12.1. The van der Waals surface area contributed by atoms with Gasteiger partial charge in [0.2, 0.25) is 0 Å². The van der Waals surface area contributed by atoms with E-state index in [0.29, 0.717) is 19.3 Å². The Hall–Kier alpha value is -1.22. The number of nitrogens with two attached hydrogens (primary N) is 1. The normalized spacial score (nSPS) is 15.6. The van der Waals surface area contributed by atoms with Crippen molar-refractivity contribution in [1.82, 2.24) is 0 Å². The highest BCUT2D eigenvalue weighted by atomic mass is 16.6. The summed E-state index contributed by atoms with van der Waals surface area (Å²) in [5.41, 5.74) is 7.29. The SMILES string of the molecule is CCCC(N)CCc1ccc2c(c1)OCCO2. The molecule has 0 aliphatic carbocycles. The molecule has 1 unspecified atom stereocenters. The molecule has 0 amide bonds. The number of hydrogen-bond donors (Lipinski definition) is 1. The minimum Gasteiger partial charge on any atom is -0.486 e. The van der Waals surface area contributed by atoms with Crippen LogP contribution in [0.15, 0.2) is 18.2 Å². The molecule has 0 spiro atoms. The molecule has 0 bridgehead atoms. The quantitative estimate of drug-likeness (QED) is 0.853. The van der Waals surface area contributed by atoms with Crippen molar-refractivity contribution < 1.29 is 9.47 Å². The fraction of sp³-hybridized carbons (Fsp3) is 0.571. The molecular formula is C14H21NO2. The fourth-order valence-electron chi connectivity index (χ4n) is 2.11. The van der Waals surface area contributed by atoms with Crippen molar-refractivity contribution in [1.29, 1.82) is 0 Å². The molecule has 1 aromatic rings. The summed E-state index contributed by atoms with van der Waals surface area (Å²) in [4.78, 5) is 0. The molecule has 94 valence electrons. The molecule has 3 nitrogen and oxygen atoms in total. The second-order valence-corrected chi connectivity index (χ2v) is 4.57. The van der Waals surface area contributed by atoms with Crippen LogP contribution in [0.2, 0.25) is 0 Å². The summed E-state index contributed by atoms with van der Waals surface area (Å²) in [6, 6.07) is 6.49. The van der Waals surface area contributed by atoms with E-state index in [1.165, 1.54) is 5.56 Å². The fourth-order valence-corrected chi connectivity index (χ4v) is 2.11. The number of hydrogen-bond acceptors (Lipinski definition) is 3. The minimum atomic E-state index is 0.313. The largest absolute Gasteiger partial charge is 0.486 e. The second kappa shape index (κ2) is 5.92. The Balaban J connectivity index is 1.93. The third-order valence-corrected chi connectivity index (χ3v) is 3.07. The Kier molecular flexibility index (Phi) is 4.26. The van der Waals surface area contributed by atoms with E-state index in [-0.39, 0.29) is 0 Å². The Morgan fingerprint density at radius 2 is 1.94 bits per heavy atom. The summed E-state index contributed by atoms with van der Waals surface area (Å²) >= 11 is 0. The van der Waals surface area contributed by atoms with E-state index in [1.807, 2.05) is 6.07 Å². The van der Waals surface area contributed by atoms with E-state index >= 15 is 0 Å². The molecule has 0 saturated carbocycles. The van der Waals surface area contributed by atoms with Crippen LogP contribution >= 0.6 is 0 Å². The predicted octanol–water partition coefficient (Wildman–Crippen LogP) is 2.52. The van der Waals surface area contributed by atoms with Gasteiger partial charge in [-0.15, -0.1) is 0 Å². The molecule has 0 radical (unpaired) electrons. The first kappa shape index (κ1) is 12.2. The van der Waals surface area contributed by atoms with Crippen LogP contribution in [0, 0.1) is 0 Å². The number of rotatable bonds is 5. The predicted molar refractivity (Wildman–Crippen MR) is 68.6 cm³/mol. The average molecular weight is 235 g/mol. The van der Waals surface area contributed by atoms with Gasteiger partial charge in [0.15, 0.2) is 11.5 Å². The van der Waals surface area contributed by atoms with Crippen molar-refractivity contribution >= 4 is 0 Å². The smallest absolute Gasteiger partial charge is 0.161 e. The van der Waals surface area contributed by atoms with E-state index < -0.39 is 0 Å². The summed E-state index contributed by atoms with van der Waals surface area (Å²) in [5, 5.41) is 0. The summed E-state index contributed by atoms with van der Waals surface area (Å²) < 4.78 is 11.1. The molecule has 1 aliphatic rings. The summed E-state index contributed by atoms with van der Waals surface area (Å²) in [6.45, 7) is 3.46. The van der Waals surface area contributed by atoms with Gasteiger partial charge < -0.3 is 15.2 Å². The summed E-state index contributed by atoms with van der Waals surface area (Å²) in [6.07, 6.45) is 4.30. The van der Waals surface area contributed by atoms with Gasteiger partial charge in [0.25, 0.3) is 0 Å². The van der Waals surface area contributed by atoms with Gasteiger partial charge in [0.1, 0.15) is 13.2 Å². The third kappa shape index (κ3) is 3.37. The van der Waals surface area contributed by atoms with Crippen molar-refractivity contribution in [2.45, 2.75) is 38.6 Å². The molecule has 1 aliphatic heterocycles. The maximum Gasteiger partial charge on any atom is 0.161 e. The lowest BCUT2D eigenvalue weighted by Gasteiger charge is -2.19. The highest BCUT2D eigenvalue weighted by Crippen LogP contribution is 2.31. The highest BCUT2D eigenvalue weighted by molar-refractivity contribution is 5.43. The monoisotopic (exact) mass is 235 g/mol. The van der Waals surface area contributed by atoms with Crippen LogP contribution in [-0.2, 0) is 6.42 Å². The second-order valence-electron chi connectivity index (χ2n) is 4.57. The van der Waals surface area contributed by atoms with Crippen molar-refractivity contribution in [3.63, 3.8) is 0 Å². The van der Waals surface area contributed by atoms with Gasteiger partial charge in [0.05, 0.1) is 0 Å². The molecule has 0 fully saturated rings. The molecule has 3 heteroatoms. The van der Waals surface area contributed by atoms with Crippen molar-refractivity contribution in [3.8, 4) is 11.5 Å². The minimum absolute atomic E-state index is 0.313. The lowest BCUT2D eigenvalue weighted by Crippen LogP contribution is -2.20. The lowest BCUT2D eigenvalue weighted by molar-refractivity contribution is 0.171. The van der Waals surface area contributed by atoms with Crippen LogP contribution < -0.4 is 15.2 Å². The van der Waals surface area contributed by atoms with E-state index in [1.54, 1.807) is 0 Å². The molecule has 2 N–H and O–H groups in total. The number of aryl methyl sites for hydroxylation is 1. The Bertz CT molecular complexity index is 365. The molecule has 1 atom stereocenters. The lowest BCUT2D eigenvalue weighted by atomic mass is 10.0. The van der Waals surface area contributed by atoms with Gasteiger partial charge in [-0.25, -0.2) is 0 Å². The highest BCUT2D eigenvalue weighted by Gasteiger charge is 2.11. The molecule has 2 rings (SSSR count). The van der Waals surface area contributed by atoms with Gasteiger partial charge in [-0.3, -0.25) is 0 Å². The topological polar surface area (TPSA) is 44.5 Å². The molecule has 0 aromatic heterocycles. The number of benzene rings is 1. The standard InChI is InChI=1S/C14H21NO2/c1-2-3-12(15)6-4-11-5-7-13-14(10-11)17-9-8-16-13/h5,7,10,12H,2-4,6,8-9,15H2,1H3. The first-order chi connectivity index (χ1) is 8.29. The maximum atomic E-state index is 6.01. The average Bonchev–Trinajstić information content (AvgIpc) is 2.36. The van der Waals surface area contributed by atoms with Crippen molar-refractivity contribution in [2.24, 2.45) is 5.73 Å². The Morgan fingerprint density at radius 3 is 2.71 bits per heavy atom. The van der Waals surface area contributed by atoms with E-state index in [2.05, 4.69) is 19.1 Å². The van der Waals surface area contributed by atoms with E-state index in [4.69, 9.17) is 15.2 Å². The Labute approximate surface area is 103 Å². The molecular weight excluding hydrogens is 214 g/mol. The molecule has 0 saturated heterocycles. The zero-order valence-corrected chi connectivity index (χ0v) is 10.4. The molecule has 17 heavy (non-hydrogen) atoms. The van der Waals surface area contributed by atoms with Crippen LogP contribution in [0.5, 0.6) is 11.5 Å². The number of fused-ring (bicyclic) bond motifs is 1. The van der Waals surface area contributed by atoms with Crippen LogP contribution in [0.1, 0.15) is 31.7 Å². The van der Waals surface area contributed by atoms with Crippen LogP contribution in [-0.4, -0.2) is 19.3 Å². The van der Waals surface area contributed by atoms with Crippen molar-refractivity contribution in [3.05, 3.63) is 23.8 Å². The first-order valence-electron chi connectivity index (χ1n) is 6.43. The number of ether oxygens (including phenoxy) is 2. The van der Waals surface area contributed by atoms with Crippen LogP contribution in [0.3, 0.4) is 0 Å². The van der Waals surface area contributed by atoms with E-state index in [0.717, 1.165) is 37.2 Å². The Morgan fingerprint density at radius 1 is 1.18 bits per heavy atom. The van der Waals surface area contributed by atoms with Crippen LogP contribution in [0.4, 0.5) is 0 Å². The van der Waals surface area contributed by atoms with Gasteiger partial charge in [-0.1, -0.05) is 19.4 Å². The molecule has 1 aromatic carbocycles.